The molecule has 4 heteroatoms. The fourth-order valence-electron chi connectivity index (χ4n) is 0. The van der Waals surface area contributed by atoms with Crippen molar-refractivity contribution >= 4 is 33.8 Å². The van der Waals surface area contributed by atoms with Gasteiger partial charge in [-0.2, -0.15) is 9.90 Å². The van der Waals surface area contributed by atoms with Crippen molar-refractivity contribution in [3.8, 4) is 0 Å². The summed E-state index contributed by atoms with van der Waals surface area (Å²) in [6, 6.07) is 0. The third kappa shape index (κ3) is 8.88. The Kier molecular flexibility index (Phi) is 163. The molecule has 0 rings (SSSR count). The molecule has 4 heavy (non-hydrogen) atoms. The maximum absolute atomic E-state index is 0. The molecule has 0 amide bonds. The predicted molar refractivity (Wildman–Crippen MR) is 19.6 cm³/mol. The first kappa shape index (κ1) is 34.4. The van der Waals surface area contributed by atoms with Gasteiger partial charge in [-0.15, -0.1) is 0 Å². The summed E-state index contributed by atoms with van der Waals surface area (Å²) in [6.07, 6.45) is 0. The summed E-state index contributed by atoms with van der Waals surface area (Å²) in [6.45, 7) is 0. The molecule has 0 fully saturated rings. The predicted octanol–water partition coefficient (Wildman–Crippen LogP) is -0.863. The van der Waals surface area contributed by atoms with Gasteiger partial charge in [0, 0.05) is 33.0 Å². The monoisotopic (exact) mass is 272 g/mol. The van der Waals surface area contributed by atoms with E-state index in [4.69, 9.17) is 0 Å². The molecule has 0 aliphatic carbocycles. The van der Waals surface area contributed by atoms with Gasteiger partial charge >= 0.3 is 23.9 Å². The van der Waals surface area contributed by atoms with E-state index in [-0.39, 0.29) is 66.8 Å². The van der Waals surface area contributed by atoms with Gasteiger partial charge in [0.15, 0.2) is 0 Å². The van der Waals surface area contributed by atoms with E-state index in [1.165, 1.54) is 0 Å². The molecule has 0 saturated heterocycles. The Labute approximate surface area is 66.3 Å². The Morgan fingerprint density at radius 3 is 0.750 bits per heavy atom. The molecule has 34 valence electrons. The minimum atomic E-state index is 0. The van der Waals surface area contributed by atoms with Gasteiger partial charge in [0.2, 0.25) is 0 Å². The van der Waals surface area contributed by atoms with E-state index in [0.29, 0.717) is 0 Å². The molecule has 0 aromatic carbocycles. The van der Waals surface area contributed by atoms with Crippen LogP contribution in [0.5, 0.6) is 0 Å². The number of hydrogen-bond donors (Lipinski definition) is 0. The Balaban J connectivity index is 0. The van der Waals surface area contributed by atoms with Gasteiger partial charge in [-0.3, -0.25) is 0 Å². The summed E-state index contributed by atoms with van der Waals surface area (Å²) in [7, 11) is 0. The van der Waals surface area contributed by atoms with Gasteiger partial charge in [-0.25, -0.2) is 0 Å². The van der Waals surface area contributed by atoms with Crippen LogP contribution in [0.1, 0.15) is 0 Å². The first-order chi connectivity index (χ1) is 0. The molecule has 0 aliphatic heterocycles. The Hall–Kier alpha value is 2.22. The zero-order valence-electron chi connectivity index (χ0n) is 2.05. The van der Waals surface area contributed by atoms with Crippen LogP contribution >= 0.6 is 9.90 Å². The van der Waals surface area contributed by atoms with Crippen LogP contribution in [0.15, 0.2) is 0 Å². The molecule has 0 aliphatic rings. The normalized spacial score (nSPS) is 0. The summed E-state index contributed by atoms with van der Waals surface area (Å²) >= 11 is 0. The molecular formula is H5Ni2PSn. The Morgan fingerprint density at radius 2 is 0.750 bits per heavy atom. The number of hydrogen-bond acceptors (Lipinski definition) is 0. The van der Waals surface area contributed by atoms with Crippen molar-refractivity contribution in [1.29, 1.82) is 0 Å². The molecule has 0 nitrogen and oxygen atoms in total. The second-order valence-electron chi connectivity index (χ2n) is 0. The zero-order valence-corrected chi connectivity index (χ0v) is 9.47. The molecule has 0 spiro atoms. The van der Waals surface area contributed by atoms with Gasteiger partial charge in [-0.1, -0.05) is 0 Å². The van der Waals surface area contributed by atoms with Crippen LogP contribution in [-0.4, -0.2) is 23.9 Å². The third-order valence-corrected chi connectivity index (χ3v) is 0. The molecule has 0 heterocycles. The van der Waals surface area contributed by atoms with Gasteiger partial charge in [0.1, 0.15) is 0 Å². The molecule has 0 aromatic heterocycles. The van der Waals surface area contributed by atoms with Crippen molar-refractivity contribution in [2.24, 2.45) is 0 Å². The summed E-state index contributed by atoms with van der Waals surface area (Å²) in [5.74, 6) is 0. The zero-order chi connectivity index (χ0) is 0. The maximum atomic E-state index is 0. The van der Waals surface area contributed by atoms with E-state index in [0.717, 1.165) is 0 Å². The van der Waals surface area contributed by atoms with Crippen LogP contribution in [0.3, 0.4) is 0 Å². The van der Waals surface area contributed by atoms with Gasteiger partial charge in [0.25, 0.3) is 0 Å². The van der Waals surface area contributed by atoms with Crippen LogP contribution in [0, 0.1) is 0 Å². The minimum absolute atomic E-state index is 0. The van der Waals surface area contributed by atoms with E-state index in [2.05, 4.69) is 0 Å². The summed E-state index contributed by atoms with van der Waals surface area (Å²) in [5, 5.41) is 0. The molecule has 0 N–H and O–H groups in total. The summed E-state index contributed by atoms with van der Waals surface area (Å²) in [4.78, 5) is 0. The van der Waals surface area contributed by atoms with Gasteiger partial charge < -0.3 is 0 Å². The van der Waals surface area contributed by atoms with E-state index in [9.17, 15) is 0 Å². The van der Waals surface area contributed by atoms with Crippen molar-refractivity contribution in [3.63, 3.8) is 0 Å². The van der Waals surface area contributed by atoms with Crippen LogP contribution in [0.25, 0.3) is 0 Å². The number of rotatable bonds is 0. The van der Waals surface area contributed by atoms with E-state index >= 15 is 0 Å². The van der Waals surface area contributed by atoms with Crippen LogP contribution in [0.4, 0.5) is 0 Å². The average Bonchev–Trinajstić information content (AvgIpc) is 0. The standard InChI is InChI=1S/2Ni.H3P.Sn.2H/h;;1H3;;;. The molecular weight excluding hydrogens is 267 g/mol. The quantitative estimate of drug-likeness (QED) is 0.397. The van der Waals surface area contributed by atoms with Crippen molar-refractivity contribution in [2.75, 3.05) is 0 Å². The van der Waals surface area contributed by atoms with Crippen LogP contribution in [-0.2, 0) is 33.0 Å². The summed E-state index contributed by atoms with van der Waals surface area (Å²) < 4.78 is 0. The molecule has 0 bridgehead atoms. The molecule has 0 saturated carbocycles. The molecule has 1 unspecified atom stereocenters. The van der Waals surface area contributed by atoms with E-state index in [1.54, 1.807) is 0 Å². The first-order valence-electron chi connectivity index (χ1n) is 0. The Bertz CT molecular complexity index is 6.00. The van der Waals surface area contributed by atoms with Crippen molar-refractivity contribution in [3.05, 3.63) is 0 Å². The van der Waals surface area contributed by atoms with E-state index in [1.807, 2.05) is 0 Å². The average molecular weight is 272 g/mol. The second kappa shape index (κ2) is 18.9. The van der Waals surface area contributed by atoms with Crippen molar-refractivity contribution in [2.45, 2.75) is 0 Å². The second-order valence-corrected chi connectivity index (χ2v) is 0. The van der Waals surface area contributed by atoms with Crippen LogP contribution < -0.4 is 0 Å². The third-order valence-electron chi connectivity index (χ3n) is 0. The topological polar surface area (TPSA) is 0 Å². The van der Waals surface area contributed by atoms with Crippen LogP contribution in [0.2, 0.25) is 0 Å². The SMILES string of the molecule is P.[Ni].[Ni].[SnH2]. The summed E-state index contributed by atoms with van der Waals surface area (Å²) in [5.41, 5.74) is 0. The van der Waals surface area contributed by atoms with Crippen molar-refractivity contribution < 1.29 is 33.0 Å². The van der Waals surface area contributed by atoms with Gasteiger partial charge in [0.05, 0.1) is 0 Å². The van der Waals surface area contributed by atoms with E-state index < -0.39 is 0 Å². The molecule has 1 atom stereocenters. The fourth-order valence-corrected chi connectivity index (χ4v) is 0. The fraction of sp³-hybridized carbons (Fsp3) is 0. The first-order valence-corrected chi connectivity index (χ1v) is 0. The molecule has 2 radical (unpaired) electrons. The van der Waals surface area contributed by atoms with Gasteiger partial charge in [-0.05, 0) is 0 Å². The Morgan fingerprint density at radius 1 is 0.750 bits per heavy atom. The van der Waals surface area contributed by atoms with Crippen molar-refractivity contribution in [1.82, 2.24) is 0 Å². The molecule has 0 aromatic rings.